The zero-order valence-corrected chi connectivity index (χ0v) is 8.50. The molecule has 2 aromatic heterocycles. The van der Waals surface area contributed by atoms with Crippen LogP contribution in [0.15, 0.2) is 12.5 Å². The zero-order chi connectivity index (χ0) is 11.4. The third-order valence-corrected chi connectivity index (χ3v) is 2.16. The van der Waals surface area contributed by atoms with Crippen LogP contribution in [0.5, 0.6) is 0 Å². The zero-order valence-electron chi connectivity index (χ0n) is 8.50. The lowest BCUT2D eigenvalue weighted by atomic mass is 10.3. The lowest BCUT2D eigenvalue weighted by molar-refractivity contribution is -0.0292. The molecule has 2 heterocycles. The number of ether oxygens (including phenoxy) is 1. The van der Waals surface area contributed by atoms with Crippen molar-refractivity contribution in [2.24, 2.45) is 0 Å². The lowest BCUT2D eigenvalue weighted by Crippen LogP contribution is -2.21. The van der Waals surface area contributed by atoms with Gasteiger partial charge < -0.3 is 14.9 Å². The summed E-state index contributed by atoms with van der Waals surface area (Å²) in [6, 6.07) is 0. The highest BCUT2D eigenvalue weighted by atomic mass is 16.5. The number of aromatic nitrogens is 4. The minimum Gasteiger partial charge on any atom is -0.394 e. The molecule has 86 valence electrons. The summed E-state index contributed by atoms with van der Waals surface area (Å²) in [5, 5.41) is 24.4. The maximum absolute atomic E-state index is 8.83. The standard InChI is InChI=1S/C9H12N4O3/c14-2-6(3-15)16-4-8-9-7(12-13-8)1-10-5-11-9/h1,5-6,14-15H,2-4H2,(H,12,13). The summed E-state index contributed by atoms with van der Waals surface area (Å²) in [6.07, 6.45) is 2.44. The van der Waals surface area contributed by atoms with Gasteiger partial charge >= 0.3 is 0 Å². The van der Waals surface area contributed by atoms with Gasteiger partial charge in [0.25, 0.3) is 0 Å². The van der Waals surface area contributed by atoms with E-state index in [1.165, 1.54) is 6.33 Å². The Morgan fingerprint density at radius 3 is 2.94 bits per heavy atom. The van der Waals surface area contributed by atoms with Crippen LogP contribution >= 0.6 is 0 Å². The van der Waals surface area contributed by atoms with Crippen LogP contribution in [0, 0.1) is 0 Å². The molecule has 0 unspecified atom stereocenters. The average molecular weight is 224 g/mol. The molecule has 0 amide bonds. The normalized spacial score (nSPS) is 11.4. The Labute approximate surface area is 91.1 Å². The Hall–Kier alpha value is -1.57. The lowest BCUT2D eigenvalue weighted by Gasteiger charge is -2.11. The first-order valence-electron chi connectivity index (χ1n) is 4.81. The Balaban J connectivity index is 2.09. The van der Waals surface area contributed by atoms with E-state index in [1.807, 2.05) is 0 Å². The molecule has 2 rings (SSSR count). The van der Waals surface area contributed by atoms with E-state index < -0.39 is 6.10 Å². The fourth-order valence-corrected chi connectivity index (χ4v) is 1.28. The molecule has 0 aliphatic heterocycles. The van der Waals surface area contributed by atoms with Gasteiger partial charge in [-0.15, -0.1) is 0 Å². The number of hydrogen-bond acceptors (Lipinski definition) is 6. The SMILES string of the molecule is OCC(CO)OCc1[nH]nc2cncnc12. The second-order valence-electron chi connectivity index (χ2n) is 3.26. The Morgan fingerprint density at radius 1 is 1.38 bits per heavy atom. The van der Waals surface area contributed by atoms with Gasteiger partial charge in [0.2, 0.25) is 0 Å². The van der Waals surface area contributed by atoms with Crippen molar-refractivity contribution < 1.29 is 14.9 Å². The molecule has 3 N–H and O–H groups in total. The highest BCUT2D eigenvalue weighted by Crippen LogP contribution is 2.12. The number of H-pyrrole nitrogens is 1. The van der Waals surface area contributed by atoms with Gasteiger partial charge in [-0.3, -0.25) is 5.10 Å². The first-order chi connectivity index (χ1) is 7.85. The molecular weight excluding hydrogens is 212 g/mol. The maximum Gasteiger partial charge on any atom is 0.129 e. The second-order valence-corrected chi connectivity index (χ2v) is 3.26. The van der Waals surface area contributed by atoms with E-state index in [0.29, 0.717) is 16.7 Å². The molecular formula is C9H12N4O3. The van der Waals surface area contributed by atoms with Gasteiger partial charge in [0.1, 0.15) is 23.5 Å². The summed E-state index contributed by atoms with van der Waals surface area (Å²) in [5.74, 6) is 0. The van der Waals surface area contributed by atoms with Gasteiger partial charge in [-0.25, -0.2) is 9.97 Å². The number of aliphatic hydroxyl groups excluding tert-OH is 2. The molecule has 7 nitrogen and oxygen atoms in total. The summed E-state index contributed by atoms with van der Waals surface area (Å²) in [6.45, 7) is -0.242. The second kappa shape index (κ2) is 4.97. The van der Waals surface area contributed by atoms with Gasteiger partial charge in [0, 0.05) is 0 Å². The summed E-state index contributed by atoms with van der Waals surface area (Å²) in [5.41, 5.74) is 2.04. The van der Waals surface area contributed by atoms with Crippen LogP contribution in [0.2, 0.25) is 0 Å². The van der Waals surface area contributed by atoms with Crippen molar-refractivity contribution in [3.8, 4) is 0 Å². The number of fused-ring (bicyclic) bond motifs is 1. The van der Waals surface area contributed by atoms with Crippen LogP contribution in [0.4, 0.5) is 0 Å². The van der Waals surface area contributed by atoms with Crippen molar-refractivity contribution in [3.05, 3.63) is 18.2 Å². The van der Waals surface area contributed by atoms with Gasteiger partial charge in [0.15, 0.2) is 0 Å². The van der Waals surface area contributed by atoms with Crippen molar-refractivity contribution in [3.63, 3.8) is 0 Å². The van der Waals surface area contributed by atoms with Gasteiger partial charge in [-0.05, 0) is 0 Å². The van der Waals surface area contributed by atoms with Crippen molar-refractivity contribution in [1.29, 1.82) is 0 Å². The Bertz CT molecular complexity index is 455. The topological polar surface area (TPSA) is 104 Å². The molecule has 0 aliphatic rings. The van der Waals surface area contributed by atoms with Crippen LogP contribution in [-0.4, -0.2) is 49.7 Å². The number of nitrogens with one attached hydrogen (secondary N) is 1. The molecule has 0 aliphatic carbocycles. The van der Waals surface area contributed by atoms with Crippen LogP contribution in [-0.2, 0) is 11.3 Å². The summed E-state index contributed by atoms with van der Waals surface area (Å²) in [4.78, 5) is 7.90. The molecule has 0 radical (unpaired) electrons. The summed E-state index contributed by atoms with van der Waals surface area (Å²) >= 11 is 0. The van der Waals surface area contributed by atoms with Gasteiger partial charge in [-0.1, -0.05) is 0 Å². The maximum atomic E-state index is 8.83. The fourth-order valence-electron chi connectivity index (χ4n) is 1.28. The minimum atomic E-state index is -0.583. The van der Waals surface area contributed by atoms with Crippen LogP contribution in [0.3, 0.4) is 0 Å². The van der Waals surface area contributed by atoms with E-state index >= 15 is 0 Å². The predicted molar refractivity (Wildman–Crippen MR) is 54.4 cm³/mol. The molecule has 0 fully saturated rings. The fraction of sp³-hybridized carbons (Fsp3) is 0.444. The number of nitrogens with zero attached hydrogens (tertiary/aromatic N) is 3. The molecule has 0 saturated carbocycles. The third kappa shape index (κ3) is 2.16. The van der Waals surface area contributed by atoms with E-state index in [4.69, 9.17) is 14.9 Å². The first-order valence-corrected chi connectivity index (χ1v) is 4.81. The minimum absolute atomic E-state index is 0.208. The Morgan fingerprint density at radius 2 is 2.19 bits per heavy atom. The molecule has 0 aromatic carbocycles. The Kier molecular flexibility index (Phi) is 3.40. The number of rotatable bonds is 5. The molecule has 0 saturated heterocycles. The first kappa shape index (κ1) is 10.9. The highest BCUT2D eigenvalue weighted by molar-refractivity contribution is 5.75. The van der Waals surface area contributed by atoms with Gasteiger partial charge in [0.05, 0.1) is 31.7 Å². The van der Waals surface area contributed by atoms with Crippen molar-refractivity contribution in [2.75, 3.05) is 13.2 Å². The molecule has 16 heavy (non-hydrogen) atoms. The molecule has 2 aromatic rings. The number of aromatic amines is 1. The smallest absolute Gasteiger partial charge is 0.129 e. The summed E-state index contributed by atoms with van der Waals surface area (Å²) < 4.78 is 5.26. The number of aliphatic hydroxyl groups is 2. The van der Waals surface area contributed by atoms with Gasteiger partial charge in [-0.2, -0.15) is 5.10 Å². The van der Waals surface area contributed by atoms with Crippen LogP contribution in [0.1, 0.15) is 5.69 Å². The molecule has 0 spiro atoms. The van der Waals surface area contributed by atoms with Crippen LogP contribution < -0.4 is 0 Å². The van der Waals surface area contributed by atoms with E-state index in [1.54, 1.807) is 6.20 Å². The highest BCUT2D eigenvalue weighted by Gasteiger charge is 2.10. The van der Waals surface area contributed by atoms with Crippen LogP contribution in [0.25, 0.3) is 11.0 Å². The summed E-state index contributed by atoms with van der Waals surface area (Å²) in [7, 11) is 0. The van der Waals surface area contributed by atoms with E-state index in [-0.39, 0.29) is 19.8 Å². The van der Waals surface area contributed by atoms with Crippen molar-refractivity contribution in [1.82, 2.24) is 20.2 Å². The number of hydrogen-bond donors (Lipinski definition) is 3. The third-order valence-electron chi connectivity index (χ3n) is 2.16. The molecule has 0 bridgehead atoms. The van der Waals surface area contributed by atoms with Crippen molar-refractivity contribution in [2.45, 2.75) is 12.7 Å². The van der Waals surface area contributed by atoms with E-state index in [2.05, 4.69) is 20.2 Å². The molecule has 0 atom stereocenters. The largest absolute Gasteiger partial charge is 0.394 e. The van der Waals surface area contributed by atoms with Crippen molar-refractivity contribution >= 4 is 11.0 Å². The van der Waals surface area contributed by atoms with E-state index in [9.17, 15) is 0 Å². The quantitative estimate of drug-likeness (QED) is 0.615. The molecule has 7 heteroatoms. The monoisotopic (exact) mass is 224 g/mol. The van der Waals surface area contributed by atoms with E-state index in [0.717, 1.165) is 0 Å². The predicted octanol–water partition coefficient (Wildman–Crippen LogP) is -0.777. The average Bonchev–Trinajstić information content (AvgIpc) is 2.74.